The molecule has 0 radical (unpaired) electrons. The maximum Gasteiger partial charge on any atom is 0.261 e. The molecule has 0 aliphatic rings. The molecule has 2 aromatic carbocycles. The number of carbonyl (C=O) groups is 1. The molecule has 0 spiro atoms. The van der Waals surface area contributed by atoms with E-state index in [-0.39, 0.29) is 10.8 Å². The van der Waals surface area contributed by atoms with Crippen molar-refractivity contribution >= 4 is 39.1 Å². The molecule has 2 aromatic rings. The van der Waals surface area contributed by atoms with Gasteiger partial charge in [-0.25, -0.2) is 8.42 Å². The molecule has 7 heteroatoms. The van der Waals surface area contributed by atoms with Gasteiger partial charge in [-0.05, 0) is 30.5 Å². The highest BCUT2D eigenvalue weighted by atomic mass is 32.2. The summed E-state index contributed by atoms with van der Waals surface area (Å²) in [5.74, 6) is 0.124. The van der Waals surface area contributed by atoms with E-state index in [2.05, 4.69) is 10.0 Å². The minimum absolute atomic E-state index is 0.167. The molecule has 0 unspecified atom stereocenters. The standard InChI is InChI=1S/C15H16N2O3S2/c1-21-11-15(18)16-13-9-5-6-10-14(13)17-22(19,20)12-7-3-2-4-8-12/h2-10,17H,11H2,1H3,(H,16,18). The lowest BCUT2D eigenvalue weighted by molar-refractivity contribution is -0.113. The molecule has 2 N–H and O–H groups in total. The SMILES string of the molecule is CSCC(=O)Nc1ccccc1NS(=O)(=O)c1ccccc1. The van der Waals surface area contributed by atoms with E-state index in [0.717, 1.165) is 0 Å². The molecule has 0 heterocycles. The molecule has 116 valence electrons. The molecular formula is C15H16N2O3S2. The lowest BCUT2D eigenvalue weighted by Gasteiger charge is -2.13. The third-order valence-electron chi connectivity index (χ3n) is 2.77. The number of hydrogen-bond acceptors (Lipinski definition) is 4. The van der Waals surface area contributed by atoms with Gasteiger partial charge >= 0.3 is 0 Å². The third-order valence-corrected chi connectivity index (χ3v) is 4.71. The lowest BCUT2D eigenvalue weighted by Crippen LogP contribution is -2.18. The highest BCUT2D eigenvalue weighted by Gasteiger charge is 2.16. The van der Waals surface area contributed by atoms with Gasteiger partial charge < -0.3 is 5.32 Å². The average Bonchev–Trinajstić information content (AvgIpc) is 2.50. The van der Waals surface area contributed by atoms with Crippen LogP contribution in [0.15, 0.2) is 59.5 Å². The van der Waals surface area contributed by atoms with Gasteiger partial charge in [-0.15, -0.1) is 0 Å². The topological polar surface area (TPSA) is 75.3 Å². The highest BCUT2D eigenvalue weighted by Crippen LogP contribution is 2.24. The van der Waals surface area contributed by atoms with Crippen molar-refractivity contribution in [2.45, 2.75) is 4.90 Å². The van der Waals surface area contributed by atoms with E-state index in [9.17, 15) is 13.2 Å². The molecule has 0 fully saturated rings. The van der Waals surface area contributed by atoms with Crippen LogP contribution in [-0.2, 0) is 14.8 Å². The molecule has 0 atom stereocenters. The van der Waals surface area contributed by atoms with Crippen molar-refractivity contribution in [2.75, 3.05) is 22.0 Å². The summed E-state index contributed by atoms with van der Waals surface area (Å²) in [4.78, 5) is 11.9. The molecule has 0 saturated carbocycles. The Kier molecular flexibility index (Phi) is 5.46. The van der Waals surface area contributed by atoms with Crippen molar-refractivity contribution in [2.24, 2.45) is 0 Å². The summed E-state index contributed by atoms with van der Waals surface area (Å²) >= 11 is 1.39. The van der Waals surface area contributed by atoms with Gasteiger partial charge in [0.1, 0.15) is 0 Å². The van der Waals surface area contributed by atoms with Gasteiger partial charge in [0.25, 0.3) is 10.0 Å². The molecule has 0 bridgehead atoms. The zero-order valence-corrected chi connectivity index (χ0v) is 13.6. The number of amides is 1. The molecular weight excluding hydrogens is 320 g/mol. The Morgan fingerprint density at radius 1 is 1.00 bits per heavy atom. The molecule has 5 nitrogen and oxygen atoms in total. The predicted octanol–water partition coefficient (Wildman–Crippen LogP) is 2.79. The first kappa shape index (κ1) is 16.4. The van der Waals surface area contributed by atoms with Gasteiger partial charge in [-0.2, -0.15) is 11.8 Å². The predicted molar refractivity (Wildman–Crippen MR) is 90.7 cm³/mol. The fourth-order valence-electron chi connectivity index (χ4n) is 1.80. The van der Waals surface area contributed by atoms with Crippen LogP contribution in [0.5, 0.6) is 0 Å². The van der Waals surface area contributed by atoms with E-state index < -0.39 is 10.0 Å². The van der Waals surface area contributed by atoms with E-state index in [4.69, 9.17) is 0 Å². The van der Waals surface area contributed by atoms with Gasteiger partial charge in [-0.3, -0.25) is 9.52 Å². The van der Waals surface area contributed by atoms with Crippen LogP contribution in [0.4, 0.5) is 11.4 Å². The number of para-hydroxylation sites is 2. The summed E-state index contributed by atoms with van der Waals surface area (Å²) in [6.07, 6.45) is 1.82. The van der Waals surface area contributed by atoms with Crippen LogP contribution in [0, 0.1) is 0 Å². The normalized spacial score (nSPS) is 11.0. The minimum Gasteiger partial charge on any atom is -0.324 e. The summed E-state index contributed by atoms with van der Waals surface area (Å²) in [7, 11) is -3.69. The van der Waals surface area contributed by atoms with Gasteiger partial charge in [0.2, 0.25) is 5.91 Å². The lowest BCUT2D eigenvalue weighted by atomic mass is 10.3. The number of carbonyl (C=O) groups excluding carboxylic acids is 1. The summed E-state index contributed by atoms with van der Waals surface area (Å²) in [6.45, 7) is 0. The highest BCUT2D eigenvalue weighted by molar-refractivity contribution is 7.99. The minimum atomic E-state index is -3.69. The molecule has 1 amide bonds. The van der Waals surface area contributed by atoms with Gasteiger partial charge in [-0.1, -0.05) is 30.3 Å². The van der Waals surface area contributed by atoms with Crippen molar-refractivity contribution in [3.05, 3.63) is 54.6 Å². The van der Waals surface area contributed by atoms with Crippen molar-refractivity contribution in [1.82, 2.24) is 0 Å². The maximum atomic E-state index is 12.3. The van der Waals surface area contributed by atoms with Crippen LogP contribution >= 0.6 is 11.8 Å². The Morgan fingerprint density at radius 3 is 2.23 bits per heavy atom. The molecule has 2 rings (SSSR count). The molecule has 0 saturated heterocycles. The summed E-state index contributed by atoms with van der Waals surface area (Å²) in [6, 6.07) is 14.8. The Morgan fingerprint density at radius 2 is 1.59 bits per heavy atom. The van der Waals surface area contributed by atoms with E-state index in [1.807, 2.05) is 6.26 Å². The monoisotopic (exact) mass is 336 g/mol. The smallest absolute Gasteiger partial charge is 0.261 e. The number of thioether (sulfide) groups is 1. The van der Waals surface area contributed by atoms with Crippen LogP contribution in [0.2, 0.25) is 0 Å². The largest absolute Gasteiger partial charge is 0.324 e. The second-order valence-electron chi connectivity index (χ2n) is 4.45. The Balaban J connectivity index is 2.25. The summed E-state index contributed by atoms with van der Waals surface area (Å²) in [5.41, 5.74) is 0.766. The number of rotatable bonds is 6. The van der Waals surface area contributed by atoms with Crippen LogP contribution < -0.4 is 10.0 Å². The van der Waals surface area contributed by atoms with Crippen LogP contribution in [0.1, 0.15) is 0 Å². The first-order valence-corrected chi connectivity index (χ1v) is 9.36. The van der Waals surface area contributed by atoms with Crippen LogP contribution in [0.3, 0.4) is 0 Å². The van der Waals surface area contributed by atoms with Crippen molar-refractivity contribution in [3.63, 3.8) is 0 Å². The average molecular weight is 336 g/mol. The fourth-order valence-corrected chi connectivity index (χ4v) is 3.24. The molecule has 0 aromatic heterocycles. The second-order valence-corrected chi connectivity index (χ2v) is 6.99. The second kappa shape index (κ2) is 7.33. The quantitative estimate of drug-likeness (QED) is 0.850. The van der Waals surface area contributed by atoms with Crippen molar-refractivity contribution in [1.29, 1.82) is 0 Å². The maximum absolute atomic E-state index is 12.3. The molecule has 22 heavy (non-hydrogen) atoms. The first-order chi connectivity index (χ1) is 10.5. The van der Waals surface area contributed by atoms with Crippen LogP contribution in [-0.4, -0.2) is 26.3 Å². The van der Waals surface area contributed by atoms with Gasteiger partial charge in [0.15, 0.2) is 0 Å². The van der Waals surface area contributed by atoms with E-state index >= 15 is 0 Å². The zero-order chi connectivity index (χ0) is 16.0. The number of nitrogens with one attached hydrogen (secondary N) is 2. The Bertz CT molecular complexity index is 746. The number of hydrogen-bond donors (Lipinski definition) is 2. The fraction of sp³-hybridized carbons (Fsp3) is 0.133. The first-order valence-electron chi connectivity index (χ1n) is 6.48. The van der Waals surface area contributed by atoms with Crippen molar-refractivity contribution < 1.29 is 13.2 Å². The Labute approximate surface area is 134 Å². The molecule has 0 aliphatic carbocycles. The third kappa shape index (κ3) is 4.25. The molecule has 0 aliphatic heterocycles. The van der Waals surface area contributed by atoms with E-state index in [1.165, 1.54) is 23.9 Å². The van der Waals surface area contributed by atoms with Gasteiger partial charge in [0.05, 0.1) is 22.0 Å². The number of sulfonamides is 1. The summed E-state index contributed by atoms with van der Waals surface area (Å²) in [5, 5.41) is 2.70. The van der Waals surface area contributed by atoms with Crippen molar-refractivity contribution in [3.8, 4) is 0 Å². The van der Waals surface area contributed by atoms with E-state index in [0.29, 0.717) is 17.1 Å². The summed E-state index contributed by atoms with van der Waals surface area (Å²) < 4.78 is 27.2. The Hall–Kier alpha value is -1.99. The zero-order valence-electron chi connectivity index (χ0n) is 11.9. The number of anilines is 2. The number of benzene rings is 2. The van der Waals surface area contributed by atoms with E-state index in [1.54, 1.807) is 42.5 Å². The van der Waals surface area contributed by atoms with Crippen LogP contribution in [0.25, 0.3) is 0 Å². The van der Waals surface area contributed by atoms with Gasteiger partial charge in [0, 0.05) is 0 Å².